The smallest absolute Gasteiger partial charge is 0.119 e. The van der Waals surface area contributed by atoms with Crippen LogP contribution in [-0.2, 0) is 6.54 Å². The lowest BCUT2D eigenvalue weighted by Gasteiger charge is -2.25. The van der Waals surface area contributed by atoms with Crippen LogP contribution in [0.4, 0.5) is 0 Å². The minimum atomic E-state index is 0.217. The van der Waals surface area contributed by atoms with E-state index in [1.165, 1.54) is 24.0 Å². The van der Waals surface area contributed by atoms with Crippen LogP contribution >= 0.6 is 0 Å². The summed E-state index contributed by atoms with van der Waals surface area (Å²) in [5.74, 6) is 1.87. The third kappa shape index (κ3) is 4.09. The lowest BCUT2D eigenvalue weighted by molar-refractivity contribution is 0.240. The summed E-state index contributed by atoms with van der Waals surface area (Å²) in [5, 5.41) is 0. The van der Waals surface area contributed by atoms with Gasteiger partial charge in [-0.2, -0.15) is 0 Å². The molecule has 1 saturated heterocycles. The zero-order valence-corrected chi connectivity index (χ0v) is 14.9. The largest absolute Gasteiger partial charge is 0.497 e. The van der Waals surface area contributed by atoms with Gasteiger partial charge in [0.25, 0.3) is 0 Å². The highest BCUT2D eigenvalue weighted by Gasteiger charge is 2.25. The first-order chi connectivity index (χ1) is 11.7. The fourth-order valence-electron chi connectivity index (χ4n) is 3.40. The van der Waals surface area contributed by atoms with E-state index in [1.807, 2.05) is 0 Å². The third-order valence-corrected chi connectivity index (χ3v) is 4.55. The van der Waals surface area contributed by atoms with Crippen LogP contribution in [0.1, 0.15) is 43.9 Å². The summed E-state index contributed by atoms with van der Waals surface area (Å²) in [6.07, 6.45) is 2.69. The molecule has 0 bridgehead atoms. The number of methoxy groups -OCH3 is 1. The SMILES string of the molecule is COc1ccc([C@@H]2CCCN2Cc2ccc(OC(C)C)cc2)cc1. The molecule has 2 aromatic carbocycles. The molecule has 0 aromatic heterocycles. The lowest BCUT2D eigenvalue weighted by Crippen LogP contribution is -2.22. The van der Waals surface area contributed by atoms with Crippen molar-refractivity contribution in [2.45, 2.75) is 45.4 Å². The molecular weight excluding hydrogens is 298 g/mol. The highest BCUT2D eigenvalue weighted by molar-refractivity contribution is 5.31. The van der Waals surface area contributed by atoms with E-state index in [1.54, 1.807) is 7.11 Å². The number of benzene rings is 2. The van der Waals surface area contributed by atoms with Crippen molar-refractivity contribution in [1.29, 1.82) is 0 Å². The van der Waals surface area contributed by atoms with E-state index in [0.717, 1.165) is 24.6 Å². The van der Waals surface area contributed by atoms with E-state index in [0.29, 0.717) is 6.04 Å². The maximum atomic E-state index is 5.73. The van der Waals surface area contributed by atoms with E-state index in [4.69, 9.17) is 9.47 Å². The molecular formula is C21H27NO2. The highest BCUT2D eigenvalue weighted by atomic mass is 16.5. The summed E-state index contributed by atoms with van der Waals surface area (Å²) in [6.45, 7) is 6.24. The second-order valence-electron chi connectivity index (χ2n) is 6.71. The molecule has 1 fully saturated rings. The average molecular weight is 325 g/mol. The van der Waals surface area contributed by atoms with Gasteiger partial charge < -0.3 is 9.47 Å². The molecule has 0 aliphatic carbocycles. The fraction of sp³-hybridized carbons (Fsp3) is 0.429. The van der Waals surface area contributed by atoms with Crippen LogP contribution in [0.15, 0.2) is 48.5 Å². The molecule has 1 heterocycles. The molecule has 0 N–H and O–H groups in total. The first kappa shape index (κ1) is 16.8. The Kier molecular flexibility index (Phi) is 5.41. The van der Waals surface area contributed by atoms with Gasteiger partial charge in [-0.3, -0.25) is 4.90 Å². The van der Waals surface area contributed by atoms with Crippen LogP contribution in [0.25, 0.3) is 0 Å². The molecule has 0 amide bonds. The zero-order chi connectivity index (χ0) is 16.9. The maximum Gasteiger partial charge on any atom is 0.119 e. The van der Waals surface area contributed by atoms with Crippen molar-refractivity contribution in [2.24, 2.45) is 0 Å². The van der Waals surface area contributed by atoms with Gasteiger partial charge in [0.15, 0.2) is 0 Å². The number of nitrogens with zero attached hydrogens (tertiary/aromatic N) is 1. The molecule has 1 atom stereocenters. The predicted octanol–water partition coefficient (Wildman–Crippen LogP) is 4.82. The second kappa shape index (κ2) is 7.71. The standard InChI is InChI=1S/C21H27NO2/c1-16(2)24-20-10-6-17(7-11-20)15-22-14-4-5-21(22)18-8-12-19(23-3)13-9-18/h6-13,16,21H,4-5,14-15H2,1-3H3/t21-/m0/s1. The van der Waals surface area contributed by atoms with Crippen LogP contribution in [0, 0.1) is 0 Å². The zero-order valence-electron chi connectivity index (χ0n) is 14.9. The summed E-state index contributed by atoms with van der Waals surface area (Å²) in [4.78, 5) is 2.57. The van der Waals surface area contributed by atoms with Crippen molar-refractivity contribution in [3.8, 4) is 11.5 Å². The van der Waals surface area contributed by atoms with Gasteiger partial charge in [0.1, 0.15) is 11.5 Å². The summed E-state index contributed by atoms with van der Waals surface area (Å²) >= 11 is 0. The van der Waals surface area contributed by atoms with Crippen LogP contribution in [-0.4, -0.2) is 24.7 Å². The van der Waals surface area contributed by atoms with Gasteiger partial charge in [0.2, 0.25) is 0 Å². The normalized spacial score (nSPS) is 18.1. The van der Waals surface area contributed by atoms with E-state index < -0.39 is 0 Å². The number of rotatable bonds is 6. The Bertz CT molecular complexity index is 634. The molecule has 0 saturated carbocycles. The highest BCUT2D eigenvalue weighted by Crippen LogP contribution is 2.34. The Balaban J connectivity index is 1.67. The quantitative estimate of drug-likeness (QED) is 0.760. The molecule has 2 aromatic rings. The summed E-state index contributed by atoms with van der Waals surface area (Å²) in [7, 11) is 1.71. The number of ether oxygens (including phenoxy) is 2. The minimum absolute atomic E-state index is 0.217. The van der Waals surface area contributed by atoms with E-state index in [-0.39, 0.29) is 6.10 Å². The molecule has 0 spiro atoms. The van der Waals surface area contributed by atoms with Gasteiger partial charge >= 0.3 is 0 Å². The van der Waals surface area contributed by atoms with Crippen molar-refractivity contribution in [3.05, 3.63) is 59.7 Å². The van der Waals surface area contributed by atoms with Crippen LogP contribution < -0.4 is 9.47 Å². The minimum Gasteiger partial charge on any atom is -0.497 e. The Morgan fingerprint density at radius 2 is 1.67 bits per heavy atom. The monoisotopic (exact) mass is 325 g/mol. The van der Waals surface area contributed by atoms with Crippen molar-refractivity contribution in [3.63, 3.8) is 0 Å². The van der Waals surface area contributed by atoms with Crippen molar-refractivity contribution in [1.82, 2.24) is 4.90 Å². The fourth-order valence-corrected chi connectivity index (χ4v) is 3.40. The molecule has 128 valence electrons. The lowest BCUT2D eigenvalue weighted by atomic mass is 10.0. The molecule has 1 aliphatic rings. The van der Waals surface area contributed by atoms with E-state index in [9.17, 15) is 0 Å². The Hall–Kier alpha value is -2.00. The van der Waals surface area contributed by atoms with Gasteiger partial charge in [0, 0.05) is 12.6 Å². The molecule has 0 unspecified atom stereocenters. The van der Waals surface area contributed by atoms with E-state index >= 15 is 0 Å². The van der Waals surface area contributed by atoms with Gasteiger partial charge in [-0.25, -0.2) is 0 Å². The van der Waals surface area contributed by atoms with Crippen LogP contribution in [0.5, 0.6) is 11.5 Å². The van der Waals surface area contributed by atoms with Crippen molar-refractivity contribution < 1.29 is 9.47 Å². The molecule has 3 nitrogen and oxygen atoms in total. The van der Waals surface area contributed by atoms with Crippen LogP contribution in [0.3, 0.4) is 0 Å². The Morgan fingerprint density at radius 3 is 2.29 bits per heavy atom. The Morgan fingerprint density at radius 1 is 1.00 bits per heavy atom. The average Bonchev–Trinajstić information content (AvgIpc) is 3.04. The Labute approximate surface area is 145 Å². The van der Waals surface area contributed by atoms with Gasteiger partial charge in [-0.15, -0.1) is 0 Å². The van der Waals surface area contributed by atoms with E-state index in [2.05, 4.69) is 67.3 Å². The molecule has 1 aliphatic heterocycles. The maximum absolute atomic E-state index is 5.73. The first-order valence-corrected chi connectivity index (χ1v) is 8.79. The number of hydrogen-bond donors (Lipinski definition) is 0. The van der Waals surface area contributed by atoms with Gasteiger partial charge in [-0.05, 0) is 68.6 Å². The molecule has 3 rings (SSSR count). The summed E-state index contributed by atoms with van der Waals surface area (Å²) in [6, 6.07) is 17.5. The van der Waals surface area contributed by atoms with Crippen LogP contribution in [0.2, 0.25) is 0 Å². The second-order valence-corrected chi connectivity index (χ2v) is 6.71. The van der Waals surface area contributed by atoms with Crippen molar-refractivity contribution >= 4 is 0 Å². The first-order valence-electron chi connectivity index (χ1n) is 8.79. The molecule has 24 heavy (non-hydrogen) atoms. The van der Waals surface area contributed by atoms with Gasteiger partial charge in [0.05, 0.1) is 13.2 Å². The molecule has 0 radical (unpaired) electrons. The number of likely N-dealkylation sites (tertiary alicyclic amines) is 1. The summed E-state index contributed by atoms with van der Waals surface area (Å²) < 4.78 is 11.0. The topological polar surface area (TPSA) is 21.7 Å². The third-order valence-electron chi connectivity index (χ3n) is 4.55. The van der Waals surface area contributed by atoms with Gasteiger partial charge in [-0.1, -0.05) is 24.3 Å². The summed E-state index contributed by atoms with van der Waals surface area (Å²) in [5.41, 5.74) is 2.72. The molecule has 3 heteroatoms. The van der Waals surface area contributed by atoms with Crippen molar-refractivity contribution in [2.75, 3.05) is 13.7 Å². The number of hydrogen-bond acceptors (Lipinski definition) is 3. The predicted molar refractivity (Wildman–Crippen MR) is 97.6 cm³/mol.